The second kappa shape index (κ2) is 5.87. The van der Waals surface area contributed by atoms with Crippen LogP contribution >= 0.6 is 0 Å². The van der Waals surface area contributed by atoms with Crippen molar-refractivity contribution in [3.05, 3.63) is 29.8 Å². The highest BCUT2D eigenvalue weighted by Gasteiger charge is 2.01. The number of rotatable bonds is 5. The molecule has 0 amide bonds. The van der Waals surface area contributed by atoms with Gasteiger partial charge in [0.15, 0.2) is 0 Å². The summed E-state index contributed by atoms with van der Waals surface area (Å²) in [5.41, 5.74) is 0.528. The van der Waals surface area contributed by atoms with Gasteiger partial charge in [-0.05, 0) is 36.6 Å². The fourth-order valence-corrected chi connectivity index (χ4v) is 1.12. The molecule has 1 rings (SSSR count). The van der Waals surface area contributed by atoms with Crippen molar-refractivity contribution in [3.63, 3.8) is 0 Å². The zero-order chi connectivity index (χ0) is 11.1. The Kier molecular flexibility index (Phi) is 4.43. The van der Waals surface area contributed by atoms with Gasteiger partial charge >= 0.3 is 0 Å². The van der Waals surface area contributed by atoms with E-state index in [2.05, 4.69) is 12.8 Å². The van der Waals surface area contributed by atoms with Gasteiger partial charge in [0.25, 0.3) is 0 Å². The van der Waals surface area contributed by atoms with Gasteiger partial charge in [0.2, 0.25) is 5.78 Å². The lowest BCUT2D eigenvalue weighted by molar-refractivity contribution is 0.105. The molecule has 15 heavy (non-hydrogen) atoms. The molecule has 0 saturated carbocycles. The van der Waals surface area contributed by atoms with E-state index in [4.69, 9.17) is 11.2 Å². The Balaban J connectivity index is 2.57. The number of benzene rings is 1. The molecule has 0 aliphatic rings. The fourth-order valence-electron chi connectivity index (χ4n) is 1.12. The third-order valence-electron chi connectivity index (χ3n) is 2.01. The number of carbonyl (C=O) groups is 1. The molecular formula is C13H14O2. The Morgan fingerprint density at radius 1 is 1.40 bits per heavy atom. The number of unbranched alkanes of at least 4 members (excludes halogenated alkanes) is 1. The highest BCUT2D eigenvalue weighted by molar-refractivity contribution is 6.08. The second-order valence-corrected chi connectivity index (χ2v) is 3.20. The normalized spacial score (nSPS) is 9.33. The van der Waals surface area contributed by atoms with Crippen LogP contribution in [-0.2, 0) is 0 Å². The minimum Gasteiger partial charge on any atom is -0.494 e. The molecule has 0 aromatic heterocycles. The fraction of sp³-hybridized carbons (Fsp3) is 0.308. The summed E-state index contributed by atoms with van der Waals surface area (Å²) in [5.74, 6) is 2.55. The van der Waals surface area contributed by atoms with Crippen molar-refractivity contribution in [2.45, 2.75) is 19.8 Å². The van der Waals surface area contributed by atoms with Crippen LogP contribution in [-0.4, -0.2) is 12.4 Å². The van der Waals surface area contributed by atoms with Crippen LogP contribution in [0.1, 0.15) is 30.1 Å². The summed E-state index contributed by atoms with van der Waals surface area (Å²) in [5, 5.41) is 0. The van der Waals surface area contributed by atoms with Gasteiger partial charge in [0.05, 0.1) is 6.61 Å². The molecule has 0 atom stereocenters. The van der Waals surface area contributed by atoms with Crippen molar-refractivity contribution < 1.29 is 9.53 Å². The van der Waals surface area contributed by atoms with E-state index in [1.807, 2.05) is 0 Å². The molecule has 0 heterocycles. The minimum absolute atomic E-state index is 0.296. The number of hydrogen-bond acceptors (Lipinski definition) is 2. The van der Waals surface area contributed by atoms with Crippen LogP contribution in [0.5, 0.6) is 5.75 Å². The Morgan fingerprint density at radius 3 is 2.60 bits per heavy atom. The van der Waals surface area contributed by atoms with Crippen molar-refractivity contribution in [3.8, 4) is 18.1 Å². The van der Waals surface area contributed by atoms with Gasteiger partial charge in [-0.1, -0.05) is 13.3 Å². The average molecular weight is 202 g/mol. The van der Waals surface area contributed by atoms with Crippen LogP contribution in [0.3, 0.4) is 0 Å². The largest absolute Gasteiger partial charge is 0.494 e. The number of Topliss-reactive ketones (excluding diaryl/α,β-unsaturated/α-hetero) is 1. The summed E-state index contributed by atoms with van der Waals surface area (Å²) in [6.07, 6.45) is 7.15. The summed E-state index contributed by atoms with van der Waals surface area (Å²) in [6.45, 7) is 2.82. The number of ether oxygens (including phenoxy) is 1. The number of hydrogen-bond donors (Lipinski definition) is 0. The van der Waals surface area contributed by atoms with E-state index in [1.165, 1.54) is 0 Å². The Bertz CT molecular complexity index is 357. The van der Waals surface area contributed by atoms with Gasteiger partial charge in [-0.3, -0.25) is 4.79 Å². The lowest BCUT2D eigenvalue weighted by atomic mass is 10.1. The summed E-state index contributed by atoms with van der Waals surface area (Å²) < 4.78 is 5.45. The van der Waals surface area contributed by atoms with Crippen molar-refractivity contribution in [1.29, 1.82) is 0 Å². The SMILES string of the molecule is C#CC(=O)c1ccc(OCCCC)cc1. The van der Waals surface area contributed by atoms with Gasteiger partial charge in [0, 0.05) is 5.56 Å². The van der Waals surface area contributed by atoms with Crippen LogP contribution in [0, 0.1) is 12.3 Å². The van der Waals surface area contributed by atoms with Gasteiger partial charge in [-0.2, -0.15) is 0 Å². The zero-order valence-electron chi connectivity index (χ0n) is 8.82. The molecule has 0 N–H and O–H groups in total. The lowest BCUT2D eigenvalue weighted by Gasteiger charge is -2.04. The molecule has 1 aromatic rings. The smallest absolute Gasteiger partial charge is 0.235 e. The minimum atomic E-state index is -0.296. The van der Waals surface area contributed by atoms with Crippen molar-refractivity contribution in [2.24, 2.45) is 0 Å². The van der Waals surface area contributed by atoms with Crippen LogP contribution < -0.4 is 4.74 Å². The predicted molar refractivity (Wildman–Crippen MR) is 60.0 cm³/mol. The number of carbonyl (C=O) groups excluding carboxylic acids is 1. The van der Waals surface area contributed by atoms with E-state index in [1.54, 1.807) is 24.3 Å². The Morgan fingerprint density at radius 2 is 2.07 bits per heavy atom. The number of terminal acetylenes is 1. The average Bonchev–Trinajstić information content (AvgIpc) is 2.29. The van der Waals surface area contributed by atoms with Gasteiger partial charge in [-0.25, -0.2) is 0 Å². The molecule has 1 aromatic carbocycles. The van der Waals surface area contributed by atoms with E-state index in [-0.39, 0.29) is 5.78 Å². The van der Waals surface area contributed by atoms with Crippen molar-refractivity contribution in [2.75, 3.05) is 6.61 Å². The maximum absolute atomic E-state index is 11.1. The van der Waals surface area contributed by atoms with Gasteiger partial charge in [-0.15, -0.1) is 6.42 Å². The molecule has 0 saturated heterocycles. The van der Waals surface area contributed by atoms with E-state index in [0.29, 0.717) is 12.2 Å². The van der Waals surface area contributed by atoms with Gasteiger partial charge < -0.3 is 4.74 Å². The zero-order valence-corrected chi connectivity index (χ0v) is 8.82. The molecule has 0 radical (unpaired) electrons. The summed E-state index contributed by atoms with van der Waals surface area (Å²) >= 11 is 0. The standard InChI is InChI=1S/C13H14O2/c1-3-5-10-15-12-8-6-11(7-9-12)13(14)4-2/h2,6-9H,3,5,10H2,1H3. The Labute approximate surface area is 90.3 Å². The third-order valence-corrected chi connectivity index (χ3v) is 2.01. The molecule has 0 spiro atoms. The molecular weight excluding hydrogens is 188 g/mol. The van der Waals surface area contributed by atoms with E-state index < -0.39 is 0 Å². The molecule has 0 aliphatic carbocycles. The first-order valence-electron chi connectivity index (χ1n) is 5.01. The van der Waals surface area contributed by atoms with E-state index in [0.717, 1.165) is 18.6 Å². The highest BCUT2D eigenvalue weighted by Crippen LogP contribution is 2.12. The van der Waals surface area contributed by atoms with E-state index in [9.17, 15) is 4.79 Å². The first-order chi connectivity index (χ1) is 7.27. The molecule has 0 bridgehead atoms. The van der Waals surface area contributed by atoms with Crippen LogP contribution in [0.4, 0.5) is 0 Å². The summed E-state index contributed by atoms with van der Waals surface area (Å²) in [4.78, 5) is 11.1. The summed E-state index contributed by atoms with van der Waals surface area (Å²) in [6, 6.07) is 6.90. The Hall–Kier alpha value is -1.75. The maximum atomic E-state index is 11.1. The van der Waals surface area contributed by atoms with E-state index >= 15 is 0 Å². The molecule has 0 unspecified atom stereocenters. The topological polar surface area (TPSA) is 26.3 Å². The van der Waals surface area contributed by atoms with Gasteiger partial charge in [0.1, 0.15) is 5.75 Å². The summed E-state index contributed by atoms with van der Waals surface area (Å²) in [7, 11) is 0. The molecule has 2 nitrogen and oxygen atoms in total. The third kappa shape index (κ3) is 3.47. The quantitative estimate of drug-likeness (QED) is 0.317. The maximum Gasteiger partial charge on any atom is 0.235 e. The van der Waals surface area contributed by atoms with Crippen LogP contribution in [0.25, 0.3) is 0 Å². The second-order valence-electron chi connectivity index (χ2n) is 3.20. The van der Waals surface area contributed by atoms with Crippen LogP contribution in [0.15, 0.2) is 24.3 Å². The molecule has 2 heteroatoms. The first-order valence-corrected chi connectivity index (χ1v) is 5.01. The monoisotopic (exact) mass is 202 g/mol. The molecule has 78 valence electrons. The van der Waals surface area contributed by atoms with Crippen molar-refractivity contribution in [1.82, 2.24) is 0 Å². The first kappa shape index (κ1) is 11.3. The number of ketones is 1. The van der Waals surface area contributed by atoms with Crippen LogP contribution in [0.2, 0.25) is 0 Å². The molecule has 0 fully saturated rings. The lowest BCUT2D eigenvalue weighted by Crippen LogP contribution is -1.98. The van der Waals surface area contributed by atoms with Crippen molar-refractivity contribution >= 4 is 5.78 Å². The molecule has 0 aliphatic heterocycles. The predicted octanol–water partition coefficient (Wildman–Crippen LogP) is 2.68. The highest BCUT2D eigenvalue weighted by atomic mass is 16.5.